The predicted molar refractivity (Wildman–Crippen MR) is 60.4 cm³/mol. The van der Waals surface area contributed by atoms with Crippen molar-refractivity contribution in [1.82, 2.24) is 9.44 Å². The van der Waals surface area contributed by atoms with Crippen molar-refractivity contribution in [2.75, 3.05) is 13.7 Å². The van der Waals surface area contributed by atoms with E-state index in [0.29, 0.717) is 12.8 Å². The zero-order valence-electron chi connectivity index (χ0n) is 9.68. The Morgan fingerprint density at radius 1 is 1.35 bits per heavy atom. The van der Waals surface area contributed by atoms with Crippen molar-refractivity contribution in [2.24, 2.45) is 5.92 Å². The van der Waals surface area contributed by atoms with Gasteiger partial charge in [-0.3, -0.25) is 0 Å². The van der Waals surface area contributed by atoms with E-state index in [1.165, 1.54) is 0 Å². The van der Waals surface area contributed by atoms with Gasteiger partial charge in [-0.05, 0) is 31.6 Å². The molecule has 0 radical (unpaired) electrons. The van der Waals surface area contributed by atoms with Gasteiger partial charge in [0.2, 0.25) is 0 Å². The van der Waals surface area contributed by atoms with Crippen LogP contribution in [0.5, 0.6) is 0 Å². The third kappa shape index (κ3) is 5.33. The number of amides is 1. The molecule has 17 heavy (non-hydrogen) atoms. The monoisotopic (exact) mass is 266 g/mol. The summed E-state index contributed by atoms with van der Waals surface area (Å²) in [5, 5.41) is 9.29. The van der Waals surface area contributed by atoms with Crippen LogP contribution in [0.25, 0.3) is 0 Å². The van der Waals surface area contributed by atoms with Crippen LogP contribution in [0.15, 0.2) is 0 Å². The van der Waals surface area contributed by atoms with E-state index in [-0.39, 0.29) is 18.6 Å². The molecular formula is C9H18N2O5S. The molecule has 0 saturated heterocycles. The molecule has 1 amide bonds. The van der Waals surface area contributed by atoms with Gasteiger partial charge < -0.3 is 9.84 Å². The molecule has 1 aliphatic rings. The van der Waals surface area contributed by atoms with E-state index in [0.717, 1.165) is 20.0 Å². The largest absolute Gasteiger partial charge is 0.452 e. The first-order chi connectivity index (χ1) is 7.93. The zero-order chi connectivity index (χ0) is 12.9. The van der Waals surface area contributed by atoms with E-state index >= 15 is 0 Å². The van der Waals surface area contributed by atoms with Gasteiger partial charge in [0.25, 0.3) is 0 Å². The van der Waals surface area contributed by atoms with Gasteiger partial charge in [0.1, 0.15) is 0 Å². The molecule has 0 spiro atoms. The number of aliphatic hydroxyl groups excluding tert-OH is 1. The van der Waals surface area contributed by atoms with Gasteiger partial charge in [-0.15, -0.1) is 0 Å². The van der Waals surface area contributed by atoms with Crippen molar-refractivity contribution in [1.29, 1.82) is 0 Å². The van der Waals surface area contributed by atoms with Gasteiger partial charge >= 0.3 is 16.3 Å². The Balaban J connectivity index is 2.32. The van der Waals surface area contributed by atoms with Crippen molar-refractivity contribution >= 4 is 16.3 Å². The molecule has 0 atom stereocenters. The van der Waals surface area contributed by atoms with Crippen molar-refractivity contribution in [3.05, 3.63) is 0 Å². The highest BCUT2D eigenvalue weighted by atomic mass is 32.2. The number of rotatable bonds is 4. The lowest BCUT2D eigenvalue weighted by molar-refractivity contribution is 0.109. The molecule has 0 aromatic heterocycles. The summed E-state index contributed by atoms with van der Waals surface area (Å²) in [6, 6.07) is 0. The molecule has 0 bridgehead atoms. The number of nitrogens with one attached hydrogen (secondary N) is 2. The zero-order valence-corrected chi connectivity index (χ0v) is 10.5. The minimum absolute atomic E-state index is 0.202. The molecule has 8 heteroatoms. The van der Waals surface area contributed by atoms with Gasteiger partial charge in [-0.1, -0.05) is 0 Å². The smallest absolute Gasteiger partial charge is 0.421 e. The van der Waals surface area contributed by atoms with Crippen LogP contribution in [0.4, 0.5) is 4.79 Å². The van der Waals surface area contributed by atoms with Crippen LogP contribution in [-0.4, -0.2) is 39.4 Å². The molecule has 0 heterocycles. The predicted octanol–water partition coefficient (Wildman–Crippen LogP) is -0.272. The fourth-order valence-electron chi connectivity index (χ4n) is 1.76. The van der Waals surface area contributed by atoms with E-state index in [1.807, 2.05) is 0 Å². The SMILES string of the molecule is COC(=O)NS(=O)(=O)NCC1CCC(O)CC1. The minimum Gasteiger partial charge on any atom is -0.452 e. The molecule has 0 aromatic carbocycles. The normalized spacial score (nSPS) is 25.3. The van der Waals surface area contributed by atoms with E-state index in [9.17, 15) is 18.3 Å². The van der Waals surface area contributed by atoms with Crippen LogP contribution in [0.3, 0.4) is 0 Å². The quantitative estimate of drug-likeness (QED) is 0.649. The van der Waals surface area contributed by atoms with Crippen molar-refractivity contribution in [3.8, 4) is 0 Å². The molecule has 100 valence electrons. The summed E-state index contributed by atoms with van der Waals surface area (Å²) < 4.78 is 30.9. The maximum absolute atomic E-state index is 11.3. The summed E-state index contributed by atoms with van der Waals surface area (Å²) in [6.45, 7) is 0.263. The Kier molecular flexibility index (Phi) is 5.16. The average Bonchev–Trinajstić information content (AvgIpc) is 2.28. The van der Waals surface area contributed by atoms with Crippen LogP contribution in [0.1, 0.15) is 25.7 Å². The Morgan fingerprint density at radius 2 is 1.94 bits per heavy atom. The number of aliphatic hydroxyl groups is 1. The average molecular weight is 266 g/mol. The van der Waals surface area contributed by atoms with Crippen molar-refractivity contribution in [2.45, 2.75) is 31.8 Å². The molecule has 1 saturated carbocycles. The Bertz CT molecular complexity index is 348. The number of carbonyl (C=O) groups excluding carboxylic acids is 1. The third-order valence-corrected chi connectivity index (χ3v) is 3.76. The topological polar surface area (TPSA) is 105 Å². The summed E-state index contributed by atoms with van der Waals surface area (Å²) >= 11 is 0. The highest BCUT2D eigenvalue weighted by Gasteiger charge is 2.22. The lowest BCUT2D eigenvalue weighted by atomic mass is 9.88. The molecule has 0 aliphatic heterocycles. The highest BCUT2D eigenvalue weighted by molar-refractivity contribution is 7.88. The van der Waals surface area contributed by atoms with Crippen LogP contribution in [-0.2, 0) is 14.9 Å². The number of methoxy groups -OCH3 is 1. The van der Waals surface area contributed by atoms with Crippen molar-refractivity contribution < 1.29 is 23.1 Å². The maximum atomic E-state index is 11.3. The van der Waals surface area contributed by atoms with Crippen LogP contribution in [0.2, 0.25) is 0 Å². The lowest BCUT2D eigenvalue weighted by Gasteiger charge is -2.25. The first-order valence-electron chi connectivity index (χ1n) is 5.46. The summed E-state index contributed by atoms with van der Waals surface area (Å²) in [7, 11) is -2.75. The Labute approximate surface area is 101 Å². The van der Waals surface area contributed by atoms with E-state index in [1.54, 1.807) is 4.72 Å². The second-order valence-corrected chi connectivity index (χ2v) is 5.62. The van der Waals surface area contributed by atoms with Crippen LogP contribution in [0, 0.1) is 5.92 Å². The molecule has 0 aromatic rings. The van der Waals surface area contributed by atoms with Crippen molar-refractivity contribution in [3.63, 3.8) is 0 Å². The minimum atomic E-state index is -3.84. The molecule has 7 nitrogen and oxygen atoms in total. The molecular weight excluding hydrogens is 248 g/mol. The Morgan fingerprint density at radius 3 is 2.47 bits per heavy atom. The summed E-state index contributed by atoms with van der Waals surface area (Å²) in [5.41, 5.74) is 0. The van der Waals surface area contributed by atoms with Gasteiger partial charge in [-0.2, -0.15) is 13.1 Å². The van der Waals surface area contributed by atoms with Gasteiger partial charge in [-0.25, -0.2) is 9.52 Å². The number of hydrogen-bond donors (Lipinski definition) is 3. The number of carbonyl (C=O) groups is 1. The molecule has 0 unspecified atom stereocenters. The third-order valence-electron chi connectivity index (χ3n) is 2.78. The summed E-state index contributed by atoms with van der Waals surface area (Å²) in [6.07, 6.45) is 1.66. The first-order valence-corrected chi connectivity index (χ1v) is 6.94. The fourth-order valence-corrected chi connectivity index (χ4v) is 2.59. The fraction of sp³-hybridized carbons (Fsp3) is 0.889. The summed E-state index contributed by atoms with van der Waals surface area (Å²) in [5.74, 6) is 0.202. The molecule has 1 fully saturated rings. The van der Waals surface area contributed by atoms with Gasteiger partial charge in [0.05, 0.1) is 13.2 Å². The van der Waals surface area contributed by atoms with Gasteiger partial charge in [0, 0.05) is 6.54 Å². The number of hydrogen-bond acceptors (Lipinski definition) is 5. The Hall–Kier alpha value is -0.860. The second kappa shape index (κ2) is 6.18. The first kappa shape index (κ1) is 14.2. The van der Waals surface area contributed by atoms with Crippen LogP contribution < -0.4 is 9.44 Å². The highest BCUT2D eigenvalue weighted by Crippen LogP contribution is 2.23. The van der Waals surface area contributed by atoms with Gasteiger partial charge in [0.15, 0.2) is 0 Å². The molecule has 3 N–H and O–H groups in total. The van der Waals surface area contributed by atoms with Crippen LogP contribution >= 0.6 is 0 Å². The molecule has 1 rings (SSSR count). The second-order valence-electron chi connectivity index (χ2n) is 4.12. The van der Waals surface area contributed by atoms with E-state index in [4.69, 9.17) is 0 Å². The standard InChI is InChI=1S/C9H18N2O5S/c1-16-9(13)11-17(14,15)10-6-7-2-4-8(12)5-3-7/h7-8,10,12H,2-6H2,1H3,(H,11,13). The van der Waals surface area contributed by atoms with E-state index < -0.39 is 16.3 Å². The maximum Gasteiger partial charge on any atom is 0.421 e. The molecule has 1 aliphatic carbocycles. The van der Waals surface area contributed by atoms with E-state index in [2.05, 4.69) is 9.46 Å². The lowest BCUT2D eigenvalue weighted by Crippen LogP contribution is -2.42. The summed E-state index contributed by atoms with van der Waals surface area (Å²) in [4.78, 5) is 10.7. The number of ether oxygens (including phenoxy) is 1.